The summed E-state index contributed by atoms with van der Waals surface area (Å²) >= 11 is 0. The van der Waals surface area contributed by atoms with Crippen LogP contribution in [0, 0.1) is 5.92 Å². The fourth-order valence-corrected chi connectivity index (χ4v) is 4.44. The smallest absolute Gasteiger partial charge is 0.138 e. The first-order chi connectivity index (χ1) is 7.86. The molecule has 0 N–H and O–H groups in total. The first-order valence-electron chi connectivity index (χ1n) is 5.64. The summed E-state index contributed by atoms with van der Waals surface area (Å²) in [6.45, 7) is 3.60. The van der Waals surface area contributed by atoms with Crippen LogP contribution >= 0.6 is 7.60 Å². The highest BCUT2D eigenvalue weighted by atomic mass is 31.2. The number of hydrogen-bond acceptors (Lipinski definition) is 6. The van der Waals surface area contributed by atoms with E-state index in [0.717, 1.165) is 6.66 Å². The van der Waals surface area contributed by atoms with Crippen molar-refractivity contribution in [2.75, 3.05) is 27.0 Å². The lowest BCUT2D eigenvalue weighted by molar-refractivity contribution is -0.207. The van der Waals surface area contributed by atoms with Gasteiger partial charge in [0.2, 0.25) is 0 Å². The normalized spacial score (nSPS) is 54.5. The minimum absolute atomic E-state index is 0.0350. The molecule has 7 heteroatoms. The van der Waals surface area contributed by atoms with E-state index in [0.29, 0.717) is 6.61 Å². The highest BCUT2D eigenvalue weighted by Crippen LogP contribution is 2.73. The fourth-order valence-electron chi connectivity index (χ4n) is 3.53. The van der Waals surface area contributed by atoms with Crippen molar-refractivity contribution in [2.45, 2.75) is 30.3 Å². The Bertz CT molecular complexity index is 394. The van der Waals surface area contributed by atoms with Gasteiger partial charge in [0.1, 0.15) is 18.8 Å². The van der Waals surface area contributed by atoms with E-state index in [9.17, 15) is 9.46 Å². The third-order valence-electron chi connectivity index (χ3n) is 4.00. The molecule has 0 aromatic heterocycles. The van der Waals surface area contributed by atoms with Gasteiger partial charge in [0.05, 0.1) is 31.3 Å². The summed E-state index contributed by atoms with van der Waals surface area (Å²) in [5.74, 6) is -0.0350. The Morgan fingerprint density at radius 2 is 2.29 bits per heavy atom. The summed E-state index contributed by atoms with van der Waals surface area (Å²) in [6.07, 6.45) is -0.131. The van der Waals surface area contributed by atoms with Crippen LogP contribution in [0.3, 0.4) is 0 Å². The van der Waals surface area contributed by atoms with Crippen LogP contribution in [0.5, 0.6) is 0 Å². The maximum Gasteiger partial charge on any atom is 0.138 e. The average molecular weight is 263 g/mol. The standard InChI is InChI=1S/C10H17O6P/c1-6-7-8-9(15-6,4-13-2)10(8,5-14-7)16-17(3,11)12/h6-8H,4-5H2,1-3H3,(H,11,12)/p-1/t6-,7+,8?,9+,10?/m0/s1. The molecule has 0 spiro atoms. The van der Waals surface area contributed by atoms with E-state index in [4.69, 9.17) is 18.7 Å². The molecule has 6 nitrogen and oxygen atoms in total. The van der Waals surface area contributed by atoms with Crippen molar-refractivity contribution in [1.29, 1.82) is 0 Å². The molecule has 0 aromatic rings. The maximum atomic E-state index is 11.4. The minimum Gasteiger partial charge on any atom is -0.779 e. The predicted molar refractivity (Wildman–Crippen MR) is 55.7 cm³/mol. The Morgan fingerprint density at radius 3 is 2.88 bits per heavy atom. The van der Waals surface area contributed by atoms with Gasteiger partial charge in [-0.1, -0.05) is 0 Å². The van der Waals surface area contributed by atoms with Crippen molar-refractivity contribution in [1.82, 2.24) is 0 Å². The lowest BCUT2D eigenvalue weighted by atomic mass is 10.1. The quantitative estimate of drug-likeness (QED) is 0.651. The lowest BCUT2D eigenvalue weighted by Gasteiger charge is -2.29. The summed E-state index contributed by atoms with van der Waals surface area (Å²) in [5.41, 5.74) is -1.49. The van der Waals surface area contributed by atoms with Crippen LogP contribution in [0.25, 0.3) is 0 Å². The third kappa shape index (κ3) is 1.37. The summed E-state index contributed by atoms with van der Waals surface area (Å²) in [6, 6.07) is 0. The van der Waals surface area contributed by atoms with Crippen molar-refractivity contribution in [3.05, 3.63) is 0 Å². The second kappa shape index (κ2) is 3.32. The molecule has 3 unspecified atom stereocenters. The molecule has 1 aliphatic carbocycles. The van der Waals surface area contributed by atoms with Crippen LogP contribution in [0.4, 0.5) is 0 Å². The summed E-state index contributed by atoms with van der Waals surface area (Å²) in [7, 11) is -2.25. The topological polar surface area (TPSA) is 77.0 Å². The predicted octanol–water partition coefficient (Wildman–Crippen LogP) is -0.243. The van der Waals surface area contributed by atoms with Crippen LogP contribution in [-0.2, 0) is 23.3 Å². The van der Waals surface area contributed by atoms with Gasteiger partial charge in [-0.2, -0.15) is 0 Å². The van der Waals surface area contributed by atoms with Crippen LogP contribution in [0.1, 0.15) is 6.92 Å². The molecule has 98 valence electrons. The van der Waals surface area contributed by atoms with Gasteiger partial charge in [-0.25, -0.2) is 0 Å². The van der Waals surface area contributed by atoms with Gasteiger partial charge >= 0.3 is 0 Å². The molecular weight excluding hydrogens is 247 g/mol. The van der Waals surface area contributed by atoms with Gasteiger partial charge in [-0.15, -0.1) is 0 Å². The second-order valence-electron chi connectivity index (χ2n) is 5.15. The Balaban J connectivity index is 1.91. The first-order valence-corrected chi connectivity index (χ1v) is 7.63. The fraction of sp³-hybridized carbons (Fsp3) is 1.00. The summed E-state index contributed by atoms with van der Waals surface area (Å²) in [5, 5.41) is 0. The molecule has 6 atom stereocenters. The number of rotatable bonds is 4. The van der Waals surface area contributed by atoms with Crippen molar-refractivity contribution in [2.24, 2.45) is 5.92 Å². The van der Waals surface area contributed by atoms with Gasteiger partial charge in [0.15, 0.2) is 0 Å². The molecule has 0 radical (unpaired) electrons. The molecule has 3 rings (SSSR count). The Morgan fingerprint density at radius 1 is 1.59 bits per heavy atom. The molecule has 3 aliphatic rings. The van der Waals surface area contributed by atoms with Crippen LogP contribution in [0.15, 0.2) is 0 Å². The van der Waals surface area contributed by atoms with Crippen molar-refractivity contribution in [3.63, 3.8) is 0 Å². The maximum absolute atomic E-state index is 11.4. The number of fused-ring (bicyclic) bond motifs is 1. The Labute approximate surface area is 99.7 Å². The van der Waals surface area contributed by atoms with Crippen LogP contribution < -0.4 is 4.89 Å². The SMILES string of the molecule is COC[C@]12O[C@@H](C)[C@H]3OCC1(OP(C)(=O)[O-])C32. The molecule has 0 aromatic carbocycles. The van der Waals surface area contributed by atoms with Gasteiger partial charge < -0.3 is 28.2 Å². The van der Waals surface area contributed by atoms with Gasteiger partial charge in [0.25, 0.3) is 0 Å². The van der Waals surface area contributed by atoms with E-state index in [1.165, 1.54) is 0 Å². The molecule has 17 heavy (non-hydrogen) atoms. The van der Waals surface area contributed by atoms with Crippen LogP contribution in [0.2, 0.25) is 0 Å². The second-order valence-corrected chi connectivity index (χ2v) is 6.88. The zero-order valence-electron chi connectivity index (χ0n) is 10.0. The Kier molecular flexibility index (Phi) is 2.36. The largest absolute Gasteiger partial charge is 0.779 e. The zero-order chi connectivity index (χ0) is 12.5. The molecule has 2 heterocycles. The van der Waals surface area contributed by atoms with E-state index in [1.54, 1.807) is 7.11 Å². The first kappa shape index (κ1) is 12.1. The van der Waals surface area contributed by atoms with E-state index >= 15 is 0 Å². The highest BCUT2D eigenvalue weighted by Gasteiger charge is 2.90. The van der Waals surface area contributed by atoms with Gasteiger partial charge in [-0.05, 0) is 6.92 Å². The van der Waals surface area contributed by atoms with Crippen molar-refractivity contribution < 1.29 is 28.2 Å². The monoisotopic (exact) mass is 263 g/mol. The average Bonchev–Trinajstić information content (AvgIpc) is 2.52. The minimum atomic E-state index is -3.82. The molecule has 1 saturated carbocycles. The van der Waals surface area contributed by atoms with E-state index in [1.807, 2.05) is 6.92 Å². The van der Waals surface area contributed by atoms with Crippen LogP contribution in [-0.4, -0.2) is 50.4 Å². The van der Waals surface area contributed by atoms with Crippen molar-refractivity contribution >= 4 is 7.60 Å². The van der Waals surface area contributed by atoms with E-state index < -0.39 is 18.8 Å². The van der Waals surface area contributed by atoms with E-state index in [-0.39, 0.29) is 24.7 Å². The summed E-state index contributed by atoms with van der Waals surface area (Å²) in [4.78, 5) is 11.4. The zero-order valence-corrected chi connectivity index (χ0v) is 10.9. The number of methoxy groups -OCH3 is 1. The van der Waals surface area contributed by atoms with Gasteiger partial charge in [0, 0.05) is 13.8 Å². The number of ether oxygens (including phenoxy) is 3. The van der Waals surface area contributed by atoms with E-state index in [2.05, 4.69) is 0 Å². The molecular formula is C10H16O6P-. The Hall–Kier alpha value is 0.0300. The molecule has 0 amide bonds. The molecule has 2 saturated heterocycles. The number of hydrogen-bond donors (Lipinski definition) is 0. The molecule has 3 fully saturated rings. The molecule has 2 aliphatic heterocycles. The lowest BCUT2D eigenvalue weighted by Crippen LogP contribution is -2.38. The third-order valence-corrected chi connectivity index (χ3v) is 4.66. The highest BCUT2D eigenvalue weighted by molar-refractivity contribution is 7.50. The molecule has 0 bridgehead atoms. The summed E-state index contributed by atoms with van der Waals surface area (Å²) < 4.78 is 33.2. The van der Waals surface area contributed by atoms with Crippen molar-refractivity contribution in [3.8, 4) is 0 Å². The van der Waals surface area contributed by atoms with Gasteiger partial charge in [-0.3, -0.25) is 0 Å².